The highest BCUT2D eigenvalue weighted by Gasteiger charge is 2.37. The molecule has 0 aromatic heterocycles. The average molecular weight is 327 g/mol. The van der Waals surface area contributed by atoms with E-state index in [2.05, 4.69) is 38.3 Å². The number of hydrogen-bond donors (Lipinski definition) is 2. The van der Waals surface area contributed by atoms with Crippen LogP contribution in [0.3, 0.4) is 0 Å². The standard InChI is InChI=1S/C16H25N3O2.ClH/c1-15(2)9-13(10-16(3,4)18-15)17-11-12-6-5-7-14(8-12)19(20)21;/h5-8,13,17-18H,9-11H2,1-4H3;1H/p-1. The highest BCUT2D eigenvalue weighted by Crippen LogP contribution is 2.28. The third-order valence-electron chi connectivity index (χ3n) is 3.91. The van der Waals surface area contributed by atoms with Gasteiger partial charge in [0.1, 0.15) is 0 Å². The predicted octanol–water partition coefficient (Wildman–Crippen LogP) is -0.00240. The van der Waals surface area contributed by atoms with Gasteiger partial charge >= 0.3 is 0 Å². The summed E-state index contributed by atoms with van der Waals surface area (Å²) in [4.78, 5) is 10.5. The fourth-order valence-corrected chi connectivity index (χ4v) is 3.51. The first-order chi connectivity index (χ1) is 9.67. The van der Waals surface area contributed by atoms with Crippen molar-refractivity contribution in [2.45, 2.75) is 64.2 Å². The lowest BCUT2D eigenvalue weighted by Gasteiger charge is -2.46. The van der Waals surface area contributed by atoms with Crippen molar-refractivity contribution in [1.29, 1.82) is 0 Å². The summed E-state index contributed by atoms with van der Waals surface area (Å²) in [5, 5.41) is 18.0. The highest BCUT2D eigenvalue weighted by atomic mass is 35.5. The second-order valence-corrected chi connectivity index (χ2v) is 7.31. The molecule has 0 atom stereocenters. The van der Waals surface area contributed by atoms with Crippen LogP contribution in [0.4, 0.5) is 5.69 Å². The summed E-state index contributed by atoms with van der Waals surface area (Å²) in [5.74, 6) is 0. The third kappa shape index (κ3) is 5.23. The van der Waals surface area contributed by atoms with Gasteiger partial charge in [-0.25, -0.2) is 0 Å². The Balaban J connectivity index is 0.00000242. The lowest BCUT2D eigenvalue weighted by Crippen LogP contribution is -3.00. The Bertz CT molecular complexity index is 516. The maximum atomic E-state index is 10.8. The Morgan fingerprint density at radius 1 is 1.27 bits per heavy atom. The molecule has 0 radical (unpaired) electrons. The van der Waals surface area contributed by atoms with Gasteiger partial charge in [0.2, 0.25) is 0 Å². The average Bonchev–Trinajstić information content (AvgIpc) is 2.33. The number of benzene rings is 1. The van der Waals surface area contributed by atoms with Crippen molar-refractivity contribution in [3.05, 3.63) is 39.9 Å². The summed E-state index contributed by atoms with van der Waals surface area (Å²) in [6, 6.07) is 7.25. The predicted molar refractivity (Wildman–Crippen MR) is 84.3 cm³/mol. The Hall–Kier alpha value is -1.17. The van der Waals surface area contributed by atoms with Gasteiger partial charge in [0.15, 0.2) is 0 Å². The Kier molecular flexibility index (Phi) is 5.96. The lowest BCUT2D eigenvalue weighted by atomic mass is 9.79. The van der Waals surface area contributed by atoms with Crippen LogP contribution in [0.1, 0.15) is 46.1 Å². The third-order valence-corrected chi connectivity index (χ3v) is 3.91. The first kappa shape index (κ1) is 18.9. The normalized spacial score (nSPS) is 20.2. The molecule has 1 aromatic carbocycles. The minimum absolute atomic E-state index is 0. The van der Waals surface area contributed by atoms with Gasteiger partial charge < -0.3 is 23.0 Å². The van der Waals surface area contributed by atoms with Crippen LogP contribution in [-0.4, -0.2) is 22.0 Å². The number of rotatable bonds is 4. The molecular formula is C16H25ClN3O2-. The minimum Gasteiger partial charge on any atom is -1.00 e. The van der Waals surface area contributed by atoms with Gasteiger partial charge in [-0.15, -0.1) is 0 Å². The van der Waals surface area contributed by atoms with Crippen molar-refractivity contribution >= 4 is 5.69 Å². The minimum atomic E-state index is -0.347. The molecule has 22 heavy (non-hydrogen) atoms. The molecule has 0 unspecified atom stereocenters. The summed E-state index contributed by atoms with van der Waals surface area (Å²) < 4.78 is 0. The molecule has 5 nitrogen and oxygen atoms in total. The van der Waals surface area contributed by atoms with Crippen molar-refractivity contribution in [1.82, 2.24) is 10.6 Å². The van der Waals surface area contributed by atoms with Gasteiger partial charge in [-0.2, -0.15) is 0 Å². The van der Waals surface area contributed by atoms with E-state index in [1.54, 1.807) is 12.1 Å². The number of nitrogens with zero attached hydrogens (tertiary/aromatic N) is 1. The van der Waals surface area contributed by atoms with E-state index >= 15 is 0 Å². The molecule has 1 saturated heterocycles. The van der Waals surface area contributed by atoms with Gasteiger partial charge in [-0.05, 0) is 46.1 Å². The second kappa shape index (κ2) is 6.94. The van der Waals surface area contributed by atoms with E-state index in [1.165, 1.54) is 6.07 Å². The van der Waals surface area contributed by atoms with E-state index < -0.39 is 0 Å². The zero-order valence-electron chi connectivity index (χ0n) is 13.6. The summed E-state index contributed by atoms with van der Waals surface area (Å²) in [6.45, 7) is 9.54. The van der Waals surface area contributed by atoms with Crippen LogP contribution in [0.15, 0.2) is 24.3 Å². The van der Waals surface area contributed by atoms with E-state index in [9.17, 15) is 10.1 Å². The van der Waals surface area contributed by atoms with Gasteiger partial charge in [-0.3, -0.25) is 10.1 Å². The first-order valence-corrected chi connectivity index (χ1v) is 7.43. The molecule has 1 aromatic rings. The molecule has 0 saturated carbocycles. The van der Waals surface area contributed by atoms with E-state index in [0.29, 0.717) is 12.6 Å². The van der Waals surface area contributed by atoms with Crippen LogP contribution in [-0.2, 0) is 6.54 Å². The molecule has 0 bridgehead atoms. The van der Waals surface area contributed by atoms with Gasteiger partial charge in [0.05, 0.1) is 4.92 Å². The van der Waals surface area contributed by atoms with Crippen molar-refractivity contribution in [3.63, 3.8) is 0 Å². The van der Waals surface area contributed by atoms with E-state index in [1.807, 2.05) is 6.07 Å². The second-order valence-electron chi connectivity index (χ2n) is 7.31. The number of piperidine rings is 1. The van der Waals surface area contributed by atoms with Crippen LogP contribution < -0.4 is 23.0 Å². The van der Waals surface area contributed by atoms with Crippen molar-refractivity contribution in [3.8, 4) is 0 Å². The fraction of sp³-hybridized carbons (Fsp3) is 0.625. The zero-order valence-corrected chi connectivity index (χ0v) is 14.4. The molecule has 2 N–H and O–H groups in total. The Morgan fingerprint density at radius 2 is 1.86 bits per heavy atom. The Labute approximate surface area is 138 Å². The molecule has 124 valence electrons. The smallest absolute Gasteiger partial charge is 0.269 e. The van der Waals surface area contributed by atoms with Crippen molar-refractivity contribution < 1.29 is 17.3 Å². The van der Waals surface area contributed by atoms with Gasteiger partial charge in [-0.1, -0.05) is 12.1 Å². The number of halogens is 1. The number of hydrogen-bond acceptors (Lipinski definition) is 4. The molecule has 1 fully saturated rings. The maximum absolute atomic E-state index is 10.8. The van der Waals surface area contributed by atoms with E-state index in [4.69, 9.17) is 0 Å². The quantitative estimate of drug-likeness (QED) is 0.603. The first-order valence-electron chi connectivity index (χ1n) is 7.43. The Morgan fingerprint density at radius 3 is 2.41 bits per heavy atom. The molecule has 0 spiro atoms. The number of nitrogens with one attached hydrogen (secondary N) is 2. The maximum Gasteiger partial charge on any atom is 0.269 e. The largest absolute Gasteiger partial charge is 1.00 e. The number of nitro benzene ring substituents is 1. The van der Waals surface area contributed by atoms with Crippen molar-refractivity contribution in [2.24, 2.45) is 0 Å². The van der Waals surface area contributed by atoms with Crippen LogP contribution in [0, 0.1) is 10.1 Å². The van der Waals surface area contributed by atoms with Gasteiger partial charge in [0.25, 0.3) is 5.69 Å². The highest BCUT2D eigenvalue weighted by molar-refractivity contribution is 5.34. The molecule has 6 heteroatoms. The van der Waals surface area contributed by atoms with Crippen molar-refractivity contribution in [2.75, 3.05) is 0 Å². The monoisotopic (exact) mass is 326 g/mol. The lowest BCUT2D eigenvalue weighted by molar-refractivity contribution is -0.384. The summed E-state index contributed by atoms with van der Waals surface area (Å²) in [6.07, 6.45) is 2.09. The van der Waals surface area contributed by atoms with E-state index in [-0.39, 0.29) is 34.1 Å². The van der Waals surface area contributed by atoms with Crippen LogP contribution >= 0.6 is 0 Å². The zero-order chi connectivity index (χ0) is 15.7. The molecule has 1 aliphatic heterocycles. The van der Waals surface area contributed by atoms with Crippen LogP contribution in [0.2, 0.25) is 0 Å². The number of nitro groups is 1. The molecule has 1 aliphatic rings. The summed E-state index contributed by atoms with van der Waals surface area (Å²) >= 11 is 0. The topological polar surface area (TPSA) is 67.2 Å². The van der Waals surface area contributed by atoms with Crippen LogP contribution in [0.5, 0.6) is 0 Å². The SMILES string of the molecule is CC1(C)CC(NCc2cccc([N+](=O)[O-])c2)CC(C)(C)N1.[Cl-]. The number of non-ortho nitro benzene ring substituents is 1. The molecule has 1 heterocycles. The van der Waals surface area contributed by atoms with E-state index in [0.717, 1.165) is 18.4 Å². The molecule has 2 rings (SSSR count). The molecule has 0 amide bonds. The van der Waals surface area contributed by atoms with Crippen LogP contribution in [0.25, 0.3) is 0 Å². The fourth-order valence-electron chi connectivity index (χ4n) is 3.51. The summed E-state index contributed by atoms with van der Waals surface area (Å²) in [5.41, 5.74) is 1.31. The van der Waals surface area contributed by atoms with Gasteiger partial charge in [0, 0.05) is 35.8 Å². The summed E-state index contributed by atoms with van der Waals surface area (Å²) in [7, 11) is 0. The molecule has 0 aliphatic carbocycles. The molecular weight excluding hydrogens is 302 g/mol.